The molecule has 0 bridgehead atoms. The summed E-state index contributed by atoms with van der Waals surface area (Å²) in [4.78, 5) is 14.0. The smallest absolute Gasteiger partial charge is 0.246 e. The lowest BCUT2D eigenvalue weighted by Crippen LogP contribution is -2.50. The number of piperazine rings is 1. The molecule has 0 spiro atoms. The van der Waals surface area contributed by atoms with E-state index in [2.05, 4.69) is 0 Å². The Morgan fingerprint density at radius 2 is 1.59 bits per heavy atom. The van der Waals surface area contributed by atoms with Crippen LogP contribution in [0.15, 0.2) is 65.6 Å². The highest BCUT2D eigenvalue weighted by atomic mass is 32.2. The van der Waals surface area contributed by atoms with E-state index in [9.17, 15) is 13.2 Å². The number of benzene rings is 2. The summed E-state index contributed by atoms with van der Waals surface area (Å²) in [7, 11) is -3.75. The summed E-state index contributed by atoms with van der Waals surface area (Å²) < 4.78 is 27.0. The molecule has 7 heteroatoms. The van der Waals surface area contributed by atoms with Crippen LogP contribution in [0, 0.1) is 11.3 Å². The second kappa shape index (κ2) is 8.16. The van der Waals surface area contributed by atoms with Crippen molar-refractivity contribution in [3.8, 4) is 6.07 Å². The van der Waals surface area contributed by atoms with Crippen molar-refractivity contribution < 1.29 is 13.2 Å². The minimum Gasteiger partial charge on any atom is -0.337 e. The monoisotopic (exact) mass is 381 g/mol. The number of hydrogen-bond acceptors (Lipinski definition) is 4. The summed E-state index contributed by atoms with van der Waals surface area (Å²) in [5.41, 5.74) is 1.06. The van der Waals surface area contributed by atoms with Crippen molar-refractivity contribution in [2.24, 2.45) is 0 Å². The Bertz CT molecular complexity index is 987. The maximum atomic E-state index is 12.8. The van der Waals surface area contributed by atoms with Gasteiger partial charge >= 0.3 is 0 Å². The number of rotatable bonds is 4. The third kappa shape index (κ3) is 4.25. The molecular formula is C20H19N3O3S. The van der Waals surface area contributed by atoms with Gasteiger partial charge in [0.25, 0.3) is 0 Å². The lowest BCUT2D eigenvalue weighted by atomic mass is 10.2. The molecule has 1 heterocycles. The molecular weight excluding hydrogens is 362 g/mol. The average Bonchev–Trinajstić information content (AvgIpc) is 2.72. The normalized spacial score (nSPS) is 15.6. The van der Waals surface area contributed by atoms with Crippen LogP contribution in [-0.4, -0.2) is 49.7 Å². The predicted octanol–water partition coefficient (Wildman–Crippen LogP) is 2.10. The van der Waals surface area contributed by atoms with E-state index in [0.717, 1.165) is 5.56 Å². The molecule has 138 valence electrons. The van der Waals surface area contributed by atoms with Crippen LogP contribution in [0.25, 0.3) is 6.08 Å². The first-order valence-electron chi connectivity index (χ1n) is 8.53. The van der Waals surface area contributed by atoms with Gasteiger partial charge < -0.3 is 4.90 Å². The van der Waals surface area contributed by atoms with E-state index in [1.54, 1.807) is 23.1 Å². The van der Waals surface area contributed by atoms with Crippen LogP contribution in [0.3, 0.4) is 0 Å². The number of nitriles is 1. The predicted molar refractivity (Wildman–Crippen MR) is 102 cm³/mol. The number of carbonyl (C=O) groups is 1. The van der Waals surface area contributed by atoms with Gasteiger partial charge in [0, 0.05) is 32.3 Å². The van der Waals surface area contributed by atoms with Gasteiger partial charge in [-0.1, -0.05) is 42.5 Å². The summed E-state index contributed by atoms with van der Waals surface area (Å²) in [6.45, 7) is 1.03. The Kier molecular flexibility index (Phi) is 5.69. The minimum absolute atomic E-state index is 0.0104. The molecule has 1 fully saturated rings. The first kappa shape index (κ1) is 18.8. The highest BCUT2D eigenvalue weighted by molar-refractivity contribution is 7.89. The van der Waals surface area contributed by atoms with E-state index < -0.39 is 10.0 Å². The van der Waals surface area contributed by atoms with Gasteiger partial charge in [-0.15, -0.1) is 0 Å². The second-order valence-corrected chi connectivity index (χ2v) is 7.99. The summed E-state index contributed by atoms with van der Waals surface area (Å²) >= 11 is 0. The highest BCUT2D eigenvalue weighted by Gasteiger charge is 2.31. The molecule has 27 heavy (non-hydrogen) atoms. The molecule has 1 amide bonds. The molecule has 1 saturated heterocycles. The molecule has 0 unspecified atom stereocenters. The quantitative estimate of drug-likeness (QED) is 0.760. The molecule has 2 aromatic carbocycles. The molecule has 3 rings (SSSR count). The van der Waals surface area contributed by atoms with Crippen LogP contribution in [-0.2, 0) is 14.8 Å². The maximum Gasteiger partial charge on any atom is 0.246 e. The van der Waals surface area contributed by atoms with Gasteiger partial charge in [0.15, 0.2) is 0 Å². The Labute approximate surface area is 159 Å². The average molecular weight is 381 g/mol. The van der Waals surface area contributed by atoms with Gasteiger partial charge in [-0.3, -0.25) is 4.79 Å². The van der Waals surface area contributed by atoms with E-state index in [1.165, 1.54) is 22.5 Å². The fraction of sp³-hybridized carbons (Fsp3) is 0.200. The fourth-order valence-corrected chi connectivity index (χ4v) is 4.47. The SMILES string of the molecule is N#Cc1ccccc1S(=O)(=O)N1CCN(C(=O)/C=C/c2ccccc2)CC1. The second-order valence-electron chi connectivity index (χ2n) is 6.08. The van der Waals surface area contributed by atoms with E-state index >= 15 is 0 Å². The molecule has 0 N–H and O–H groups in total. The first-order valence-corrected chi connectivity index (χ1v) is 9.98. The molecule has 2 aromatic rings. The van der Waals surface area contributed by atoms with Gasteiger partial charge in [0.05, 0.1) is 10.5 Å². The van der Waals surface area contributed by atoms with Crippen molar-refractivity contribution in [2.75, 3.05) is 26.2 Å². The van der Waals surface area contributed by atoms with Crippen molar-refractivity contribution in [2.45, 2.75) is 4.90 Å². The number of amides is 1. The van der Waals surface area contributed by atoms with Gasteiger partial charge in [0.2, 0.25) is 15.9 Å². The van der Waals surface area contributed by atoms with E-state index in [0.29, 0.717) is 13.1 Å². The van der Waals surface area contributed by atoms with Crippen molar-refractivity contribution in [3.05, 3.63) is 71.8 Å². The highest BCUT2D eigenvalue weighted by Crippen LogP contribution is 2.21. The zero-order valence-corrected chi connectivity index (χ0v) is 15.5. The van der Waals surface area contributed by atoms with Crippen LogP contribution >= 0.6 is 0 Å². The molecule has 6 nitrogen and oxygen atoms in total. The van der Waals surface area contributed by atoms with E-state index in [-0.39, 0.29) is 29.5 Å². The van der Waals surface area contributed by atoms with E-state index in [4.69, 9.17) is 5.26 Å². The number of hydrogen-bond donors (Lipinski definition) is 0. The lowest BCUT2D eigenvalue weighted by molar-refractivity contribution is -0.127. The Morgan fingerprint density at radius 3 is 2.26 bits per heavy atom. The third-order valence-corrected chi connectivity index (χ3v) is 6.35. The van der Waals surface area contributed by atoms with Crippen molar-refractivity contribution in [1.29, 1.82) is 5.26 Å². The molecule has 0 atom stereocenters. The summed E-state index contributed by atoms with van der Waals surface area (Å²) in [5, 5.41) is 9.15. The molecule has 1 aliphatic rings. The largest absolute Gasteiger partial charge is 0.337 e. The van der Waals surface area contributed by atoms with Gasteiger partial charge in [-0.2, -0.15) is 9.57 Å². The first-order chi connectivity index (χ1) is 13.0. The van der Waals surface area contributed by atoms with Gasteiger partial charge in [-0.05, 0) is 23.8 Å². The van der Waals surface area contributed by atoms with Crippen LogP contribution in [0.1, 0.15) is 11.1 Å². The van der Waals surface area contributed by atoms with Gasteiger partial charge in [0.1, 0.15) is 6.07 Å². The number of sulfonamides is 1. The fourth-order valence-electron chi connectivity index (χ4n) is 2.91. The van der Waals surface area contributed by atoms with Crippen molar-refractivity contribution in [3.63, 3.8) is 0 Å². The zero-order chi connectivity index (χ0) is 19.3. The lowest BCUT2D eigenvalue weighted by Gasteiger charge is -2.33. The topological polar surface area (TPSA) is 81.5 Å². The molecule has 0 radical (unpaired) electrons. The number of carbonyl (C=O) groups excluding carboxylic acids is 1. The van der Waals surface area contributed by atoms with Crippen LogP contribution in [0.5, 0.6) is 0 Å². The maximum absolute atomic E-state index is 12.8. The Morgan fingerprint density at radius 1 is 0.963 bits per heavy atom. The summed E-state index contributed by atoms with van der Waals surface area (Å²) in [5.74, 6) is -0.145. The molecule has 0 saturated carbocycles. The van der Waals surface area contributed by atoms with Gasteiger partial charge in [-0.25, -0.2) is 8.42 Å². The van der Waals surface area contributed by atoms with Crippen LogP contribution < -0.4 is 0 Å². The molecule has 1 aliphatic heterocycles. The standard InChI is InChI=1S/C20H19N3O3S/c21-16-18-8-4-5-9-19(18)27(25,26)23-14-12-22(13-15-23)20(24)11-10-17-6-2-1-3-7-17/h1-11H,12-15H2/b11-10+. The van der Waals surface area contributed by atoms with Crippen molar-refractivity contribution >= 4 is 22.0 Å². The van der Waals surface area contributed by atoms with Crippen molar-refractivity contribution in [1.82, 2.24) is 9.21 Å². The van der Waals surface area contributed by atoms with Crippen LogP contribution in [0.4, 0.5) is 0 Å². The zero-order valence-electron chi connectivity index (χ0n) is 14.7. The molecule has 0 aromatic heterocycles. The summed E-state index contributed by atoms with van der Waals surface area (Å²) in [6, 6.07) is 17.6. The minimum atomic E-state index is -3.75. The van der Waals surface area contributed by atoms with Crippen LogP contribution in [0.2, 0.25) is 0 Å². The third-order valence-electron chi connectivity index (χ3n) is 4.39. The number of nitrogens with zero attached hydrogens (tertiary/aromatic N) is 3. The Balaban J connectivity index is 1.65. The van der Waals surface area contributed by atoms with E-state index in [1.807, 2.05) is 36.4 Å². The molecule has 0 aliphatic carbocycles. The summed E-state index contributed by atoms with van der Waals surface area (Å²) in [6.07, 6.45) is 3.25. The Hall–Kier alpha value is -2.95.